The second-order valence-corrected chi connectivity index (χ2v) is 2.29. The van der Waals surface area contributed by atoms with E-state index in [-0.39, 0.29) is 0 Å². The summed E-state index contributed by atoms with van der Waals surface area (Å²) in [6, 6.07) is 0. The lowest BCUT2D eigenvalue weighted by Crippen LogP contribution is -2.23. The Balaban J connectivity index is 3.21. The fourth-order valence-electron chi connectivity index (χ4n) is 0.733. The van der Waals surface area contributed by atoms with Gasteiger partial charge in [0.25, 0.3) is 5.43 Å². The molecule has 1 aromatic rings. The van der Waals surface area contributed by atoms with E-state index in [1.165, 1.54) is 0 Å². The standard InChI is InChI=1S/C6H5F3N2O3/c7-6(8,9)14-4-3(13)2(12)1-11-5(4)10/h1,12H,(H3,10,11,13). The molecule has 0 aliphatic rings. The third kappa shape index (κ3) is 2.09. The summed E-state index contributed by atoms with van der Waals surface area (Å²) in [5, 5.41) is 8.77. The summed E-state index contributed by atoms with van der Waals surface area (Å²) >= 11 is 0. The van der Waals surface area contributed by atoms with Gasteiger partial charge in [-0.15, -0.1) is 13.2 Å². The molecule has 0 aromatic carbocycles. The van der Waals surface area contributed by atoms with Crippen LogP contribution in [0.2, 0.25) is 0 Å². The number of H-pyrrole nitrogens is 1. The Labute approximate surface area is 74.9 Å². The molecule has 0 atom stereocenters. The van der Waals surface area contributed by atoms with Crippen molar-refractivity contribution in [2.75, 3.05) is 5.73 Å². The average molecular weight is 210 g/mol. The van der Waals surface area contributed by atoms with Gasteiger partial charge in [-0.3, -0.25) is 4.79 Å². The molecule has 0 aliphatic carbocycles. The fraction of sp³-hybridized carbons (Fsp3) is 0.167. The zero-order valence-electron chi connectivity index (χ0n) is 6.55. The molecule has 0 aliphatic heterocycles. The van der Waals surface area contributed by atoms with Crippen LogP contribution in [0.4, 0.5) is 19.0 Å². The highest BCUT2D eigenvalue weighted by Crippen LogP contribution is 2.24. The number of nitrogen functional groups attached to an aromatic ring is 1. The van der Waals surface area contributed by atoms with Crippen molar-refractivity contribution < 1.29 is 23.0 Å². The lowest BCUT2D eigenvalue weighted by Gasteiger charge is -2.09. The van der Waals surface area contributed by atoms with E-state index in [0.717, 1.165) is 6.20 Å². The Morgan fingerprint density at radius 2 is 2.07 bits per heavy atom. The van der Waals surface area contributed by atoms with E-state index in [4.69, 9.17) is 10.8 Å². The smallest absolute Gasteiger partial charge is 0.503 e. The summed E-state index contributed by atoms with van der Waals surface area (Å²) in [6.07, 6.45) is -4.27. The fourth-order valence-corrected chi connectivity index (χ4v) is 0.733. The molecule has 4 N–H and O–H groups in total. The van der Waals surface area contributed by atoms with Crippen molar-refractivity contribution in [2.45, 2.75) is 6.36 Å². The largest absolute Gasteiger partial charge is 0.573 e. The van der Waals surface area contributed by atoms with Crippen LogP contribution in [0.15, 0.2) is 11.0 Å². The Bertz CT molecular complexity index is 398. The quantitative estimate of drug-likeness (QED) is 0.631. The minimum Gasteiger partial charge on any atom is -0.503 e. The number of rotatable bonds is 1. The number of alkyl halides is 3. The first-order valence-electron chi connectivity index (χ1n) is 3.27. The molecule has 0 fully saturated rings. The first-order valence-corrected chi connectivity index (χ1v) is 3.27. The van der Waals surface area contributed by atoms with Crippen LogP contribution in [0, 0.1) is 0 Å². The van der Waals surface area contributed by atoms with Gasteiger partial charge in [0.2, 0.25) is 5.75 Å². The second-order valence-electron chi connectivity index (χ2n) is 2.29. The maximum absolute atomic E-state index is 11.7. The van der Waals surface area contributed by atoms with Crippen molar-refractivity contribution in [3.8, 4) is 11.5 Å². The Morgan fingerprint density at radius 1 is 1.50 bits per heavy atom. The van der Waals surface area contributed by atoms with Gasteiger partial charge in [0.1, 0.15) is 5.82 Å². The third-order valence-corrected chi connectivity index (χ3v) is 1.27. The van der Waals surface area contributed by atoms with Gasteiger partial charge in [-0.25, -0.2) is 0 Å². The highest BCUT2D eigenvalue weighted by molar-refractivity contribution is 5.48. The zero-order chi connectivity index (χ0) is 10.9. The van der Waals surface area contributed by atoms with Crippen molar-refractivity contribution in [1.29, 1.82) is 0 Å². The van der Waals surface area contributed by atoms with Crippen LogP contribution in [-0.2, 0) is 0 Å². The Hall–Kier alpha value is -1.86. The van der Waals surface area contributed by atoms with E-state index in [0.29, 0.717) is 0 Å². The lowest BCUT2D eigenvalue weighted by atomic mass is 10.4. The topological polar surface area (TPSA) is 88.3 Å². The number of aromatic nitrogens is 1. The molecular formula is C6H5F3N2O3. The highest BCUT2D eigenvalue weighted by Gasteiger charge is 2.33. The van der Waals surface area contributed by atoms with Gasteiger partial charge in [0.05, 0.1) is 0 Å². The summed E-state index contributed by atoms with van der Waals surface area (Å²) < 4.78 is 38.5. The Kier molecular flexibility index (Phi) is 2.28. The van der Waals surface area contributed by atoms with Gasteiger partial charge in [0.15, 0.2) is 5.75 Å². The predicted molar refractivity (Wildman–Crippen MR) is 39.8 cm³/mol. The average Bonchev–Trinajstić information content (AvgIpc) is 2.04. The van der Waals surface area contributed by atoms with E-state index in [1.54, 1.807) is 0 Å². The summed E-state index contributed by atoms with van der Waals surface area (Å²) in [4.78, 5) is 12.9. The van der Waals surface area contributed by atoms with Crippen LogP contribution in [0.25, 0.3) is 0 Å². The van der Waals surface area contributed by atoms with Crippen LogP contribution < -0.4 is 15.9 Å². The van der Waals surface area contributed by atoms with Crippen molar-refractivity contribution in [3.63, 3.8) is 0 Å². The molecular weight excluding hydrogens is 205 g/mol. The number of aromatic hydroxyl groups is 1. The number of hydrogen-bond acceptors (Lipinski definition) is 4. The molecule has 0 saturated carbocycles. The predicted octanol–water partition coefficient (Wildman–Crippen LogP) is 0.561. The summed E-state index contributed by atoms with van der Waals surface area (Å²) in [6.45, 7) is 0. The van der Waals surface area contributed by atoms with Crippen LogP contribution in [0.3, 0.4) is 0 Å². The van der Waals surface area contributed by atoms with E-state index in [2.05, 4.69) is 4.74 Å². The number of nitrogens with one attached hydrogen (secondary N) is 1. The molecule has 8 heteroatoms. The molecule has 0 radical (unpaired) electrons. The highest BCUT2D eigenvalue weighted by atomic mass is 19.4. The van der Waals surface area contributed by atoms with Crippen LogP contribution in [0.5, 0.6) is 11.5 Å². The normalized spacial score (nSPS) is 11.4. The SMILES string of the molecule is Nc1[nH]cc(O)c(=O)c1OC(F)(F)F. The minimum absolute atomic E-state index is 0.606. The zero-order valence-corrected chi connectivity index (χ0v) is 6.55. The van der Waals surface area contributed by atoms with Crippen molar-refractivity contribution >= 4 is 5.82 Å². The molecule has 0 spiro atoms. The summed E-state index contributed by atoms with van der Waals surface area (Å²) in [5.74, 6) is -2.68. The maximum atomic E-state index is 11.7. The van der Waals surface area contributed by atoms with Gasteiger partial charge in [-0.05, 0) is 0 Å². The van der Waals surface area contributed by atoms with E-state index in [1.807, 2.05) is 4.98 Å². The van der Waals surface area contributed by atoms with Gasteiger partial charge < -0.3 is 20.6 Å². The van der Waals surface area contributed by atoms with Crippen molar-refractivity contribution in [1.82, 2.24) is 4.98 Å². The molecule has 0 saturated heterocycles. The van der Waals surface area contributed by atoms with Gasteiger partial charge in [-0.2, -0.15) is 0 Å². The third-order valence-electron chi connectivity index (χ3n) is 1.27. The van der Waals surface area contributed by atoms with Crippen molar-refractivity contribution in [3.05, 3.63) is 16.4 Å². The molecule has 78 valence electrons. The van der Waals surface area contributed by atoms with E-state index >= 15 is 0 Å². The molecule has 5 nitrogen and oxygen atoms in total. The monoisotopic (exact) mass is 210 g/mol. The Morgan fingerprint density at radius 3 is 2.57 bits per heavy atom. The van der Waals surface area contributed by atoms with Crippen molar-refractivity contribution in [2.24, 2.45) is 0 Å². The first-order chi connectivity index (χ1) is 6.31. The van der Waals surface area contributed by atoms with E-state index in [9.17, 15) is 18.0 Å². The first kappa shape index (κ1) is 10.2. The summed E-state index contributed by atoms with van der Waals surface area (Å²) in [5.41, 5.74) is 3.69. The number of nitrogens with two attached hydrogens (primary N) is 1. The molecule has 1 rings (SSSR count). The lowest BCUT2D eigenvalue weighted by molar-refractivity contribution is -0.274. The molecule has 1 heterocycles. The van der Waals surface area contributed by atoms with Gasteiger partial charge >= 0.3 is 6.36 Å². The van der Waals surface area contributed by atoms with Gasteiger partial charge in [-0.1, -0.05) is 0 Å². The number of aromatic amines is 1. The molecule has 0 unspecified atom stereocenters. The van der Waals surface area contributed by atoms with E-state index < -0.39 is 29.1 Å². The number of hydrogen-bond donors (Lipinski definition) is 3. The van der Waals surface area contributed by atoms with Crippen LogP contribution in [0.1, 0.15) is 0 Å². The molecule has 0 bridgehead atoms. The second kappa shape index (κ2) is 3.13. The summed E-state index contributed by atoms with van der Waals surface area (Å²) in [7, 11) is 0. The molecule has 0 amide bonds. The number of halogens is 3. The molecule has 14 heavy (non-hydrogen) atoms. The minimum atomic E-state index is -5.03. The number of pyridine rings is 1. The van der Waals surface area contributed by atoms with Gasteiger partial charge in [0, 0.05) is 6.20 Å². The number of anilines is 1. The van der Waals surface area contributed by atoms with Crippen LogP contribution in [-0.4, -0.2) is 16.5 Å². The maximum Gasteiger partial charge on any atom is 0.573 e. The molecule has 1 aromatic heterocycles. The van der Waals surface area contributed by atoms with Crippen LogP contribution >= 0.6 is 0 Å². The number of ether oxygens (including phenoxy) is 1.